The van der Waals surface area contributed by atoms with Gasteiger partial charge in [-0.3, -0.25) is 4.98 Å². The predicted molar refractivity (Wildman–Crippen MR) is 120 cm³/mol. The summed E-state index contributed by atoms with van der Waals surface area (Å²) < 4.78 is 12.8. The highest BCUT2D eigenvalue weighted by atomic mass is 32.1. The van der Waals surface area contributed by atoms with E-state index in [-0.39, 0.29) is 12.1 Å². The number of pyridine rings is 1. The third kappa shape index (κ3) is 4.17. The van der Waals surface area contributed by atoms with Gasteiger partial charge in [0.05, 0.1) is 31.5 Å². The molecule has 0 radical (unpaired) electrons. The van der Waals surface area contributed by atoms with Gasteiger partial charge in [0, 0.05) is 38.3 Å². The summed E-state index contributed by atoms with van der Waals surface area (Å²) in [6.07, 6.45) is 3.92. The van der Waals surface area contributed by atoms with Crippen molar-refractivity contribution in [2.75, 3.05) is 20.8 Å². The van der Waals surface area contributed by atoms with Gasteiger partial charge in [-0.1, -0.05) is 18.2 Å². The molecule has 156 valence electrons. The van der Waals surface area contributed by atoms with E-state index < -0.39 is 0 Å². The minimum atomic E-state index is -0.0341. The summed E-state index contributed by atoms with van der Waals surface area (Å²) in [4.78, 5) is 6.86. The number of thiocarbonyl (C=S) groups is 1. The summed E-state index contributed by atoms with van der Waals surface area (Å²) in [5, 5.41) is 4.24. The fraction of sp³-hybridized carbons (Fsp3) is 0.304. The number of nitrogens with zero attached hydrogens (tertiary/aromatic N) is 3. The maximum atomic E-state index is 5.78. The molecule has 1 fully saturated rings. The van der Waals surface area contributed by atoms with Crippen LogP contribution in [0.2, 0.25) is 0 Å². The maximum Gasteiger partial charge on any atom is 0.170 e. The highest BCUT2D eigenvalue weighted by molar-refractivity contribution is 7.80. The fourth-order valence-corrected chi connectivity index (χ4v) is 4.22. The first-order valence-corrected chi connectivity index (χ1v) is 10.4. The lowest BCUT2D eigenvalue weighted by atomic mass is 10.0. The lowest BCUT2D eigenvalue weighted by molar-refractivity contribution is 0.183. The zero-order valence-corrected chi connectivity index (χ0v) is 18.0. The molecule has 30 heavy (non-hydrogen) atoms. The first-order valence-electron chi connectivity index (χ1n) is 9.96. The maximum absolute atomic E-state index is 5.78. The van der Waals surface area contributed by atoms with Gasteiger partial charge >= 0.3 is 0 Å². The number of ether oxygens (including phenoxy) is 2. The lowest BCUT2D eigenvalue weighted by Gasteiger charge is -2.29. The molecule has 2 aromatic heterocycles. The number of methoxy groups -OCH3 is 2. The second-order valence-corrected chi connectivity index (χ2v) is 7.61. The van der Waals surface area contributed by atoms with Crippen molar-refractivity contribution in [2.45, 2.75) is 25.2 Å². The molecule has 0 unspecified atom stereocenters. The third-order valence-electron chi connectivity index (χ3n) is 5.41. The van der Waals surface area contributed by atoms with Gasteiger partial charge in [-0.25, -0.2) is 0 Å². The van der Waals surface area contributed by atoms with E-state index in [1.807, 2.05) is 36.5 Å². The largest absolute Gasteiger partial charge is 0.497 e. The fourth-order valence-electron chi connectivity index (χ4n) is 3.91. The molecule has 1 saturated heterocycles. The topological polar surface area (TPSA) is 51.5 Å². The molecular weight excluding hydrogens is 396 g/mol. The number of hydrogen-bond donors (Lipinski definition) is 1. The highest BCUT2D eigenvalue weighted by Crippen LogP contribution is 2.39. The summed E-state index contributed by atoms with van der Waals surface area (Å²) in [7, 11) is 3.40. The number of nitrogens with one attached hydrogen (secondary N) is 1. The molecule has 0 bridgehead atoms. The minimum absolute atomic E-state index is 0.0151. The van der Waals surface area contributed by atoms with Crippen molar-refractivity contribution >= 4 is 17.3 Å². The zero-order chi connectivity index (χ0) is 20.9. The molecule has 1 aliphatic rings. The quantitative estimate of drug-likeness (QED) is 0.559. The monoisotopic (exact) mass is 422 g/mol. The van der Waals surface area contributed by atoms with Crippen molar-refractivity contribution in [1.82, 2.24) is 19.8 Å². The standard InChI is InChI=1S/C23H26N4O2S/c1-28-15-14-26-13-5-7-20(26)22-21(19-6-3-4-12-24-19)25-23(30)27(22)16-17-8-10-18(29-2)11-9-17/h3-13,21-22H,14-16H2,1-2H3,(H,25,30)/t21-,22+/m0/s1. The first-order chi connectivity index (χ1) is 14.7. The molecule has 0 amide bonds. The Bertz CT molecular complexity index is 974. The second-order valence-electron chi connectivity index (χ2n) is 7.22. The Labute approximate surface area is 182 Å². The van der Waals surface area contributed by atoms with Crippen molar-refractivity contribution in [3.05, 3.63) is 83.9 Å². The van der Waals surface area contributed by atoms with Gasteiger partial charge in [0.1, 0.15) is 5.75 Å². The van der Waals surface area contributed by atoms with E-state index in [9.17, 15) is 0 Å². The van der Waals surface area contributed by atoms with Gasteiger partial charge in [0.2, 0.25) is 0 Å². The van der Waals surface area contributed by atoms with Crippen molar-refractivity contribution in [3.63, 3.8) is 0 Å². The molecule has 3 aromatic rings. The lowest BCUT2D eigenvalue weighted by Crippen LogP contribution is -2.30. The highest BCUT2D eigenvalue weighted by Gasteiger charge is 2.41. The molecule has 4 rings (SSSR count). The Balaban J connectivity index is 1.69. The Kier molecular flexibility index (Phi) is 6.30. The Morgan fingerprint density at radius 3 is 2.60 bits per heavy atom. The van der Waals surface area contributed by atoms with E-state index in [0.717, 1.165) is 23.1 Å². The van der Waals surface area contributed by atoms with Crippen molar-refractivity contribution < 1.29 is 9.47 Å². The van der Waals surface area contributed by atoms with E-state index in [4.69, 9.17) is 21.7 Å². The Morgan fingerprint density at radius 1 is 1.07 bits per heavy atom. The van der Waals surface area contributed by atoms with Crippen molar-refractivity contribution in [3.8, 4) is 5.75 Å². The van der Waals surface area contributed by atoms with E-state index in [2.05, 4.69) is 50.2 Å². The summed E-state index contributed by atoms with van der Waals surface area (Å²) in [5.41, 5.74) is 3.33. The number of benzene rings is 1. The van der Waals surface area contributed by atoms with Gasteiger partial charge in [0.25, 0.3) is 0 Å². The smallest absolute Gasteiger partial charge is 0.170 e. The molecule has 3 heterocycles. The van der Waals surface area contributed by atoms with Crippen LogP contribution in [0, 0.1) is 0 Å². The van der Waals surface area contributed by atoms with Crippen LogP contribution in [0.3, 0.4) is 0 Å². The van der Waals surface area contributed by atoms with Crippen molar-refractivity contribution in [2.24, 2.45) is 0 Å². The molecule has 1 aromatic carbocycles. The third-order valence-corrected chi connectivity index (χ3v) is 5.77. The molecule has 2 atom stereocenters. The zero-order valence-electron chi connectivity index (χ0n) is 17.2. The van der Waals surface area contributed by atoms with Gasteiger partial charge in [-0.15, -0.1) is 0 Å². The number of hydrogen-bond acceptors (Lipinski definition) is 4. The summed E-state index contributed by atoms with van der Waals surface area (Å²) in [5.74, 6) is 0.845. The molecule has 1 aliphatic heterocycles. The van der Waals surface area contributed by atoms with E-state index >= 15 is 0 Å². The second kappa shape index (κ2) is 9.28. The van der Waals surface area contributed by atoms with Crippen molar-refractivity contribution in [1.29, 1.82) is 0 Å². The van der Waals surface area contributed by atoms with Crippen LogP contribution in [0.5, 0.6) is 5.75 Å². The normalized spacial score (nSPS) is 18.5. The van der Waals surface area contributed by atoms with E-state index in [1.54, 1.807) is 14.2 Å². The molecule has 0 spiro atoms. The molecular formula is C23H26N4O2S. The average Bonchev–Trinajstić information content (AvgIpc) is 3.37. The van der Waals surface area contributed by atoms with E-state index in [0.29, 0.717) is 13.2 Å². The van der Waals surface area contributed by atoms with Crippen LogP contribution in [-0.2, 0) is 17.8 Å². The average molecular weight is 423 g/mol. The Hall–Kier alpha value is -2.90. The SMILES string of the molecule is COCCn1cccc1[C@@H]1[C@H](c2ccccn2)NC(=S)N1Cc1ccc(OC)cc1. The van der Waals surface area contributed by atoms with Crippen LogP contribution in [0.4, 0.5) is 0 Å². The van der Waals surface area contributed by atoms with Crippen LogP contribution in [0.25, 0.3) is 0 Å². The first kappa shape index (κ1) is 20.4. The van der Waals surface area contributed by atoms with E-state index in [1.165, 1.54) is 11.3 Å². The van der Waals surface area contributed by atoms with Crippen LogP contribution >= 0.6 is 12.2 Å². The number of rotatable bonds is 8. The van der Waals surface area contributed by atoms with Crippen LogP contribution < -0.4 is 10.1 Å². The Morgan fingerprint density at radius 2 is 1.90 bits per heavy atom. The molecule has 1 N–H and O–H groups in total. The molecule has 0 saturated carbocycles. The van der Waals surface area contributed by atoms with Crippen LogP contribution in [0.15, 0.2) is 67.0 Å². The summed E-state index contributed by atoms with van der Waals surface area (Å²) in [6.45, 7) is 2.13. The van der Waals surface area contributed by atoms with Crippen LogP contribution in [-0.4, -0.2) is 40.4 Å². The molecule has 0 aliphatic carbocycles. The molecule has 7 heteroatoms. The minimum Gasteiger partial charge on any atom is -0.497 e. The molecule has 6 nitrogen and oxygen atoms in total. The number of aromatic nitrogens is 2. The van der Waals surface area contributed by atoms with Crippen LogP contribution in [0.1, 0.15) is 29.0 Å². The summed E-state index contributed by atoms with van der Waals surface area (Å²) in [6, 6.07) is 18.3. The summed E-state index contributed by atoms with van der Waals surface area (Å²) >= 11 is 5.78. The predicted octanol–water partition coefficient (Wildman–Crippen LogP) is 3.71. The van der Waals surface area contributed by atoms with Gasteiger partial charge in [0.15, 0.2) is 5.11 Å². The van der Waals surface area contributed by atoms with Gasteiger partial charge in [-0.05, 0) is 54.2 Å². The van der Waals surface area contributed by atoms with Gasteiger partial charge in [-0.2, -0.15) is 0 Å². The van der Waals surface area contributed by atoms with Gasteiger partial charge < -0.3 is 24.3 Å².